The van der Waals surface area contributed by atoms with Gasteiger partial charge in [-0.2, -0.15) is 0 Å². The van der Waals surface area contributed by atoms with Crippen molar-refractivity contribution in [2.45, 2.75) is 13.3 Å². The standard InChI is InChI=1S/C20H19ClN4O2S/c1-13-7-10-22-11-16(13)18(26)17-12-25-20(28-17)24-9-2-8-23-19(27)14-3-5-15(21)6-4-14/h3-7,10-12H,2,8-9H2,1H3,(H,23,27)(H,24,25). The third kappa shape index (κ3) is 5.15. The number of aromatic nitrogens is 2. The Bertz CT molecular complexity index is 972. The zero-order chi connectivity index (χ0) is 19.9. The molecule has 0 fully saturated rings. The normalized spacial score (nSPS) is 10.5. The van der Waals surface area contributed by atoms with Gasteiger partial charge >= 0.3 is 0 Å². The minimum Gasteiger partial charge on any atom is -0.361 e. The predicted molar refractivity (Wildman–Crippen MR) is 111 cm³/mol. The number of hydrogen-bond donors (Lipinski definition) is 2. The Hall–Kier alpha value is -2.77. The van der Waals surface area contributed by atoms with Crippen LogP contribution in [0.1, 0.15) is 37.6 Å². The highest BCUT2D eigenvalue weighted by Gasteiger charge is 2.15. The third-order valence-electron chi connectivity index (χ3n) is 4.03. The van der Waals surface area contributed by atoms with Gasteiger partial charge in [0, 0.05) is 41.6 Å². The summed E-state index contributed by atoms with van der Waals surface area (Å²) in [6.07, 6.45) is 5.54. The van der Waals surface area contributed by atoms with E-state index in [2.05, 4.69) is 20.6 Å². The van der Waals surface area contributed by atoms with Gasteiger partial charge in [-0.05, 0) is 49.2 Å². The van der Waals surface area contributed by atoms with Crippen molar-refractivity contribution in [2.75, 3.05) is 18.4 Å². The van der Waals surface area contributed by atoms with E-state index in [9.17, 15) is 9.59 Å². The van der Waals surface area contributed by atoms with Crippen LogP contribution in [0.2, 0.25) is 5.02 Å². The van der Waals surface area contributed by atoms with Gasteiger partial charge in [0.25, 0.3) is 5.91 Å². The van der Waals surface area contributed by atoms with Crippen LogP contribution >= 0.6 is 22.9 Å². The highest BCUT2D eigenvalue weighted by Crippen LogP contribution is 2.22. The van der Waals surface area contributed by atoms with Crippen LogP contribution in [0, 0.1) is 6.92 Å². The fourth-order valence-corrected chi connectivity index (χ4v) is 3.41. The molecule has 1 aromatic carbocycles. The van der Waals surface area contributed by atoms with Gasteiger partial charge < -0.3 is 10.6 Å². The number of pyridine rings is 1. The Labute approximate surface area is 172 Å². The number of aryl methyl sites for hydroxylation is 1. The quantitative estimate of drug-likeness (QED) is 0.430. The largest absolute Gasteiger partial charge is 0.361 e. The first kappa shape index (κ1) is 20.0. The molecule has 0 aliphatic heterocycles. The van der Waals surface area contributed by atoms with E-state index in [-0.39, 0.29) is 11.7 Å². The van der Waals surface area contributed by atoms with Crippen molar-refractivity contribution < 1.29 is 9.59 Å². The molecule has 2 N–H and O–H groups in total. The number of anilines is 1. The first-order valence-electron chi connectivity index (χ1n) is 8.73. The summed E-state index contributed by atoms with van der Waals surface area (Å²) in [7, 11) is 0. The monoisotopic (exact) mass is 414 g/mol. The highest BCUT2D eigenvalue weighted by atomic mass is 35.5. The number of nitrogens with one attached hydrogen (secondary N) is 2. The van der Waals surface area contributed by atoms with Gasteiger partial charge in [0.1, 0.15) is 0 Å². The van der Waals surface area contributed by atoms with Crippen LogP contribution in [0.3, 0.4) is 0 Å². The molecule has 0 saturated heterocycles. The van der Waals surface area contributed by atoms with Crippen LogP contribution in [0.4, 0.5) is 5.13 Å². The van der Waals surface area contributed by atoms with Gasteiger partial charge in [-0.3, -0.25) is 14.6 Å². The van der Waals surface area contributed by atoms with Gasteiger partial charge in [-0.25, -0.2) is 4.98 Å². The highest BCUT2D eigenvalue weighted by molar-refractivity contribution is 7.17. The molecule has 6 nitrogen and oxygen atoms in total. The van der Waals surface area contributed by atoms with Gasteiger partial charge in [-0.1, -0.05) is 22.9 Å². The van der Waals surface area contributed by atoms with Gasteiger partial charge in [0.05, 0.1) is 11.1 Å². The molecule has 2 aromatic heterocycles. The second kappa shape index (κ2) is 9.43. The summed E-state index contributed by atoms with van der Waals surface area (Å²) in [5, 5.41) is 7.31. The van der Waals surface area contributed by atoms with E-state index in [4.69, 9.17) is 11.6 Å². The molecule has 2 heterocycles. The van der Waals surface area contributed by atoms with Crippen LogP contribution in [-0.4, -0.2) is 34.7 Å². The predicted octanol–water partition coefficient (Wildman–Crippen LogP) is 3.96. The maximum atomic E-state index is 12.5. The number of amides is 1. The summed E-state index contributed by atoms with van der Waals surface area (Å²) in [6.45, 7) is 3.04. The van der Waals surface area contributed by atoms with Crippen LogP contribution in [0.15, 0.2) is 48.9 Å². The molecular formula is C20H19ClN4O2S. The summed E-state index contributed by atoms with van der Waals surface area (Å²) < 4.78 is 0. The summed E-state index contributed by atoms with van der Waals surface area (Å²) in [5.74, 6) is -0.211. The molecule has 144 valence electrons. The zero-order valence-corrected chi connectivity index (χ0v) is 16.8. The fraction of sp³-hybridized carbons (Fsp3) is 0.200. The van der Waals surface area contributed by atoms with Gasteiger partial charge in [0.15, 0.2) is 5.13 Å². The van der Waals surface area contributed by atoms with Gasteiger partial charge in [-0.15, -0.1) is 0 Å². The molecule has 0 spiro atoms. The second-order valence-electron chi connectivity index (χ2n) is 6.09. The summed E-state index contributed by atoms with van der Waals surface area (Å²) in [5.41, 5.74) is 2.05. The second-order valence-corrected chi connectivity index (χ2v) is 7.56. The average molecular weight is 415 g/mol. The summed E-state index contributed by atoms with van der Waals surface area (Å²) >= 11 is 7.12. The van der Waals surface area contributed by atoms with E-state index in [1.54, 1.807) is 42.9 Å². The number of ketones is 1. The Kier molecular flexibility index (Phi) is 6.73. The van der Waals surface area contributed by atoms with E-state index < -0.39 is 0 Å². The number of rotatable bonds is 8. The van der Waals surface area contributed by atoms with Crippen molar-refractivity contribution >= 4 is 39.8 Å². The lowest BCUT2D eigenvalue weighted by Crippen LogP contribution is -2.25. The Morgan fingerprint density at radius 2 is 1.89 bits per heavy atom. The Balaban J connectivity index is 1.43. The molecule has 1 amide bonds. The number of halogens is 1. The lowest BCUT2D eigenvalue weighted by molar-refractivity contribution is 0.0953. The molecule has 8 heteroatoms. The lowest BCUT2D eigenvalue weighted by atomic mass is 10.1. The maximum absolute atomic E-state index is 12.5. The van der Waals surface area contributed by atoms with E-state index in [1.165, 1.54) is 11.3 Å². The third-order valence-corrected chi connectivity index (χ3v) is 5.24. The summed E-state index contributed by atoms with van der Waals surface area (Å²) in [4.78, 5) is 33.4. The Morgan fingerprint density at radius 3 is 2.64 bits per heavy atom. The molecule has 0 atom stereocenters. The van der Waals surface area contributed by atoms with E-state index in [0.29, 0.717) is 39.2 Å². The number of carbonyl (C=O) groups is 2. The van der Waals surface area contributed by atoms with Crippen molar-refractivity contribution in [3.63, 3.8) is 0 Å². The molecule has 0 unspecified atom stereocenters. The number of thiazole rings is 1. The molecule has 3 aromatic rings. The molecule has 3 rings (SSSR count). The minimum absolute atomic E-state index is 0.0774. The molecule has 0 aliphatic rings. The topological polar surface area (TPSA) is 84.0 Å². The van der Waals surface area contributed by atoms with Crippen LogP contribution in [-0.2, 0) is 0 Å². The number of carbonyl (C=O) groups excluding carboxylic acids is 2. The number of nitrogens with zero attached hydrogens (tertiary/aromatic N) is 2. The van der Waals surface area contributed by atoms with Crippen molar-refractivity contribution in [3.8, 4) is 0 Å². The summed E-state index contributed by atoms with van der Waals surface area (Å²) in [6, 6.07) is 8.56. The van der Waals surface area contributed by atoms with Crippen molar-refractivity contribution in [1.29, 1.82) is 0 Å². The molecular weight excluding hydrogens is 396 g/mol. The number of benzene rings is 1. The average Bonchev–Trinajstić information content (AvgIpc) is 3.17. The van der Waals surface area contributed by atoms with Gasteiger partial charge in [0.2, 0.25) is 5.78 Å². The van der Waals surface area contributed by atoms with Crippen molar-refractivity contribution in [1.82, 2.24) is 15.3 Å². The maximum Gasteiger partial charge on any atom is 0.251 e. The van der Waals surface area contributed by atoms with E-state index in [1.807, 2.05) is 13.0 Å². The lowest BCUT2D eigenvalue weighted by Gasteiger charge is -2.06. The molecule has 0 saturated carbocycles. The van der Waals surface area contributed by atoms with E-state index >= 15 is 0 Å². The first-order chi connectivity index (χ1) is 13.5. The van der Waals surface area contributed by atoms with Crippen LogP contribution in [0.5, 0.6) is 0 Å². The first-order valence-corrected chi connectivity index (χ1v) is 9.93. The zero-order valence-electron chi connectivity index (χ0n) is 15.2. The van der Waals surface area contributed by atoms with Crippen LogP contribution < -0.4 is 10.6 Å². The molecule has 0 radical (unpaired) electrons. The van der Waals surface area contributed by atoms with Crippen molar-refractivity contribution in [2.24, 2.45) is 0 Å². The number of hydrogen-bond acceptors (Lipinski definition) is 6. The fourth-order valence-electron chi connectivity index (χ4n) is 2.48. The SMILES string of the molecule is Cc1ccncc1C(=O)c1cnc(NCCCNC(=O)c2ccc(Cl)cc2)s1. The molecule has 0 bridgehead atoms. The smallest absolute Gasteiger partial charge is 0.251 e. The minimum atomic E-state index is -0.134. The van der Waals surface area contributed by atoms with Crippen molar-refractivity contribution in [3.05, 3.63) is 75.5 Å². The molecule has 28 heavy (non-hydrogen) atoms. The van der Waals surface area contributed by atoms with E-state index in [0.717, 1.165) is 12.0 Å². The molecule has 0 aliphatic carbocycles. The van der Waals surface area contributed by atoms with Crippen LogP contribution in [0.25, 0.3) is 0 Å². The Morgan fingerprint density at radius 1 is 1.11 bits per heavy atom.